The molecule has 2 heterocycles. The van der Waals surface area contributed by atoms with Crippen LogP contribution in [0, 0.1) is 0 Å². The molecule has 0 atom stereocenters. The minimum absolute atomic E-state index is 0.0753. The Morgan fingerprint density at radius 2 is 2.18 bits per heavy atom. The van der Waals surface area contributed by atoms with E-state index in [0.717, 1.165) is 40.9 Å². The molecule has 4 rings (SSSR count). The molecule has 28 heavy (non-hydrogen) atoms. The first kappa shape index (κ1) is 18.9. The highest BCUT2D eigenvalue weighted by Crippen LogP contribution is 2.40. The number of ether oxygens (including phenoxy) is 2. The van der Waals surface area contributed by atoms with E-state index in [9.17, 15) is 4.79 Å². The zero-order chi connectivity index (χ0) is 19.5. The molecule has 8 heteroatoms. The van der Waals surface area contributed by atoms with Gasteiger partial charge in [-0.1, -0.05) is 23.9 Å². The van der Waals surface area contributed by atoms with Gasteiger partial charge in [-0.05, 0) is 37.5 Å². The fourth-order valence-corrected chi connectivity index (χ4v) is 4.06. The third-order valence-electron chi connectivity index (χ3n) is 4.87. The SMILES string of the molecule is C=CCn1c(SCC(=O)N(CC)Cc2ccc3c(c2)OCO3)nnc1C1CC1. The number of hydrogen-bond acceptors (Lipinski definition) is 6. The van der Waals surface area contributed by atoms with E-state index in [0.29, 0.717) is 31.3 Å². The van der Waals surface area contributed by atoms with Crippen LogP contribution in [0.4, 0.5) is 0 Å². The third kappa shape index (κ3) is 4.01. The van der Waals surface area contributed by atoms with Gasteiger partial charge in [0.1, 0.15) is 5.82 Å². The van der Waals surface area contributed by atoms with Gasteiger partial charge in [-0.25, -0.2) is 0 Å². The predicted octanol–water partition coefficient (Wildman–Crippen LogP) is 3.21. The summed E-state index contributed by atoms with van der Waals surface area (Å²) in [6, 6.07) is 5.80. The van der Waals surface area contributed by atoms with Crippen LogP contribution in [0.15, 0.2) is 36.0 Å². The van der Waals surface area contributed by atoms with E-state index >= 15 is 0 Å². The maximum absolute atomic E-state index is 12.8. The number of amides is 1. The normalized spacial score (nSPS) is 14.9. The highest BCUT2D eigenvalue weighted by atomic mass is 32.2. The molecule has 1 aromatic heterocycles. The number of carbonyl (C=O) groups excluding carboxylic acids is 1. The van der Waals surface area contributed by atoms with Crippen LogP contribution in [0.1, 0.15) is 37.1 Å². The van der Waals surface area contributed by atoms with Crippen molar-refractivity contribution in [1.82, 2.24) is 19.7 Å². The zero-order valence-corrected chi connectivity index (χ0v) is 16.8. The fraction of sp³-hybridized carbons (Fsp3) is 0.450. The first-order valence-electron chi connectivity index (χ1n) is 9.52. The molecule has 0 saturated heterocycles. The molecule has 2 aromatic rings. The molecule has 1 saturated carbocycles. The molecule has 1 aromatic carbocycles. The van der Waals surface area contributed by atoms with Crippen molar-refractivity contribution in [3.63, 3.8) is 0 Å². The van der Waals surface area contributed by atoms with Crippen LogP contribution < -0.4 is 9.47 Å². The first-order chi connectivity index (χ1) is 13.7. The number of fused-ring (bicyclic) bond motifs is 1. The van der Waals surface area contributed by atoms with Gasteiger partial charge in [0.2, 0.25) is 12.7 Å². The fourth-order valence-electron chi connectivity index (χ4n) is 3.20. The first-order valence-corrected chi connectivity index (χ1v) is 10.5. The van der Waals surface area contributed by atoms with Crippen LogP contribution in [-0.4, -0.2) is 44.7 Å². The second-order valence-electron chi connectivity index (χ2n) is 6.90. The highest BCUT2D eigenvalue weighted by molar-refractivity contribution is 7.99. The molecule has 2 aliphatic rings. The van der Waals surface area contributed by atoms with Gasteiger partial charge >= 0.3 is 0 Å². The molecule has 0 radical (unpaired) electrons. The van der Waals surface area contributed by atoms with Crippen molar-refractivity contribution in [2.75, 3.05) is 19.1 Å². The topological polar surface area (TPSA) is 69.5 Å². The van der Waals surface area contributed by atoms with E-state index in [1.165, 1.54) is 11.8 Å². The Kier molecular flexibility index (Phi) is 5.57. The molecular weight excluding hydrogens is 376 g/mol. The molecule has 1 amide bonds. The Morgan fingerprint density at radius 1 is 1.36 bits per heavy atom. The summed E-state index contributed by atoms with van der Waals surface area (Å²) in [5.74, 6) is 3.42. The smallest absolute Gasteiger partial charge is 0.233 e. The molecule has 1 aliphatic carbocycles. The van der Waals surface area contributed by atoms with Crippen molar-refractivity contribution in [3.8, 4) is 11.5 Å². The van der Waals surface area contributed by atoms with Crippen molar-refractivity contribution < 1.29 is 14.3 Å². The van der Waals surface area contributed by atoms with Gasteiger partial charge in [0.25, 0.3) is 0 Å². The molecular formula is C20H24N4O3S. The minimum atomic E-state index is 0.0753. The van der Waals surface area contributed by atoms with Crippen LogP contribution in [0.5, 0.6) is 11.5 Å². The van der Waals surface area contributed by atoms with E-state index in [4.69, 9.17) is 9.47 Å². The quantitative estimate of drug-likeness (QED) is 0.476. The second-order valence-corrected chi connectivity index (χ2v) is 7.84. The molecule has 148 valence electrons. The van der Waals surface area contributed by atoms with Crippen LogP contribution in [-0.2, 0) is 17.9 Å². The summed E-state index contributed by atoms with van der Waals surface area (Å²) in [4.78, 5) is 14.6. The maximum atomic E-state index is 12.8. The second kappa shape index (κ2) is 8.26. The Bertz CT molecular complexity index is 878. The number of hydrogen-bond donors (Lipinski definition) is 0. The molecule has 7 nitrogen and oxygen atoms in total. The van der Waals surface area contributed by atoms with Crippen LogP contribution in [0.25, 0.3) is 0 Å². The molecule has 0 spiro atoms. The monoisotopic (exact) mass is 400 g/mol. The number of carbonyl (C=O) groups is 1. The summed E-state index contributed by atoms with van der Waals surface area (Å²) in [6.45, 7) is 7.91. The largest absolute Gasteiger partial charge is 0.454 e. The third-order valence-corrected chi connectivity index (χ3v) is 5.82. The summed E-state index contributed by atoms with van der Waals surface area (Å²) >= 11 is 1.44. The lowest BCUT2D eigenvalue weighted by Gasteiger charge is -2.21. The van der Waals surface area contributed by atoms with Crippen LogP contribution >= 0.6 is 11.8 Å². The van der Waals surface area contributed by atoms with Crippen molar-refractivity contribution in [2.24, 2.45) is 0 Å². The van der Waals surface area contributed by atoms with E-state index in [-0.39, 0.29) is 12.7 Å². The highest BCUT2D eigenvalue weighted by Gasteiger charge is 2.30. The molecule has 0 unspecified atom stereocenters. The van der Waals surface area contributed by atoms with Gasteiger partial charge in [-0.15, -0.1) is 16.8 Å². The average Bonchev–Trinajstić information content (AvgIpc) is 3.31. The number of nitrogens with zero attached hydrogens (tertiary/aromatic N) is 4. The Hall–Kier alpha value is -2.48. The lowest BCUT2D eigenvalue weighted by Crippen LogP contribution is -2.31. The van der Waals surface area contributed by atoms with Gasteiger partial charge < -0.3 is 18.9 Å². The van der Waals surface area contributed by atoms with Crippen LogP contribution in [0.2, 0.25) is 0 Å². The maximum Gasteiger partial charge on any atom is 0.233 e. The number of allylic oxidation sites excluding steroid dienone is 1. The Balaban J connectivity index is 1.39. The van der Waals surface area contributed by atoms with E-state index in [1.54, 1.807) is 0 Å². The van der Waals surface area contributed by atoms with Crippen molar-refractivity contribution in [2.45, 2.75) is 43.9 Å². The van der Waals surface area contributed by atoms with E-state index in [2.05, 4.69) is 21.3 Å². The summed E-state index contributed by atoms with van der Waals surface area (Å²) in [5, 5.41) is 9.42. The number of benzene rings is 1. The molecule has 0 N–H and O–H groups in total. The molecule has 1 aliphatic heterocycles. The zero-order valence-electron chi connectivity index (χ0n) is 16.0. The standard InChI is InChI=1S/C20H24N4O3S/c1-3-9-24-19(15-6-7-15)21-22-20(24)28-12-18(25)23(4-2)11-14-5-8-16-17(10-14)27-13-26-16/h3,5,8,10,15H,1,4,6-7,9,11-13H2,2H3. The Morgan fingerprint density at radius 3 is 2.93 bits per heavy atom. The van der Waals surface area contributed by atoms with Crippen molar-refractivity contribution >= 4 is 17.7 Å². The number of aromatic nitrogens is 3. The van der Waals surface area contributed by atoms with Gasteiger partial charge in [0, 0.05) is 25.6 Å². The van der Waals surface area contributed by atoms with Gasteiger partial charge in [0.15, 0.2) is 16.7 Å². The van der Waals surface area contributed by atoms with E-state index < -0.39 is 0 Å². The summed E-state index contributed by atoms with van der Waals surface area (Å²) in [6.07, 6.45) is 4.18. The van der Waals surface area contributed by atoms with Gasteiger partial charge in [-0.2, -0.15) is 0 Å². The summed E-state index contributed by atoms with van der Waals surface area (Å²) < 4.78 is 12.9. The predicted molar refractivity (Wildman–Crippen MR) is 107 cm³/mol. The summed E-state index contributed by atoms with van der Waals surface area (Å²) in [7, 11) is 0. The minimum Gasteiger partial charge on any atom is -0.454 e. The van der Waals surface area contributed by atoms with Crippen molar-refractivity contribution in [3.05, 3.63) is 42.2 Å². The molecule has 1 fully saturated rings. The number of rotatable bonds is 9. The summed E-state index contributed by atoms with van der Waals surface area (Å²) in [5.41, 5.74) is 1.02. The van der Waals surface area contributed by atoms with Gasteiger partial charge in [-0.3, -0.25) is 4.79 Å². The number of thioether (sulfide) groups is 1. The molecule has 0 bridgehead atoms. The van der Waals surface area contributed by atoms with Crippen LogP contribution in [0.3, 0.4) is 0 Å². The lowest BCUT2D eigenvalue weighted by molar-refractivity contribution is -0.128. The van der Waals surface area contributed by atoms with Gasteiger partial charge in [0.05, 0.1) is 5.75 Å². The van der Waals surface area contributed by atoms with Crippen molar-refractivity contribution in [1.29, 1.82) is 0 Å². The average molecular weight is 401 g/mol. The van der Waals surface area contributed by atoms with E-state index in [1.807, 2.05) is 36.1 Å². The lowest BCUT2D eigenvalue weighted by atomic mass is 10.2. The Labute approximate surface area is 168 Å².